The van der Waals surface area contributed by atoms with Crippen molar-refractivity contribution in [3.8, 4) is 11.5 Å². The van der Waals surface area contributed by atoms with Gasteiger partial charge in [-0.3, -0.25) is 0 Å². The van der Waals surface area contributed by atoms with E-state index in [4.69, 9.17) is 9.21 Å². The standard InChI is InChI=1S/C9H8F2N4O.CH2O/c1-2-6-12-3-5(4-13-6)8-14-15-9(16-8)7(10)11;1-2/h3-4,7H,2H2,1H3;1H2. The largest absolute Gasteiger partial charge is 0.415 e. The van der Waals surface area contributed by atoms with Crippen LogP contribution in [-0.4, -0.2) is 27.0 Å². The summed E-state index contributed by atoms with van der Waals surface area (Å²) in [6.45, 7) is 3.91. The van der Waals surface area contributed by atoms with Gasteiger partial charge in [-0.15, -0.1) is 10.2 Å². The van der Waals surface area contributed by atoms with E-state index in [-0.39, 0.29) is 5.89 Å². The zero-order valence-electron chi connectivity index (χ0n) is 9.51. The Morgan fingerprint density at radius 3 is 2.33 bits per heavy atom. The molecule has 0 fully saturated rings. The molecule has 0 radical (unpaired) electrons. The van der Waals surface area contributed by atoms with Crippen molar-refractivity contribution in [1.82, 2.24) is 20.2 Å². The first-order chi connectivity index (χ1) is 8.70. The van der Waals surface area contributed by atoms with Crippen LogP contribution in [0.4, 0.5) is 8.78 Å². The van der Waals surface area contributed by atoms with Crippen LogP contribution in [0.5, 0.6) is 0 Å². The quantitative estimate of drug-likeness (QED) is 0.833. The van der Waals surface area contributed by atoms with Crippen LogP contribution in [0, 0.1) is 0 Å². The summed E-state index contributed by atoms with van der Waals surface area (Å²) < 4.78 is 29.1. The summed E-state index contributed by atoms with van der Waals surface area (Å²) in [5, 5.41) is 6.70. The number of carbonyl (C=O) groups is 1. The minimum atomic E-state index is -2.77. The molecule has 0 aliphatic carbocycles. The van der Waals surface area contributed by atoms with Gasteiger partial charge in [0.2, 0.25) is 0 Å². The molecule has 2 rings (SSSR count). The molecule has 2 aromatic rings. The summed E-state index contributed by atoms with van der Waals surface area (Å²) in [7, 11) is 0. The molecule has 2 aromatic heterocycles. The minimum absolute atomic E-state index is 0.00190. The van der Waals surface area contributed by atoms with Gasteiger partial charge in [0.05, 0.1) is 5.56 Å². The van der Waals surface area contributed by atoms with E-state index in [0.717, 1.165) is 0 Å². The number of rotatable bonds is 3. The smallest absolute Gasteiger partial charge is 0.314 e. The highest BCUT2D eigenvalue weighted by Gasteiger charge is 2.17. The van der Waals surface area contributed by atoms with Gasteiger partial charge >= 0.3 is 6.43 Å². The third kappa shape index (κ3) is 3.12. The van der Waals surface area contributed by atoms with Gasteiger partial charge in [0.25, 0.3) is 11.8 Å². The fraction of sp³-hybridized carbons (Fsp3) is 0.300. The van der Waals surface area contributed by atoms with E-state index in [1.54, 1.807) is 0 Å². The summed E-state index contributed by atoms with van der Waals surface area (Å²) >= 11 is 0. The normalized spacial score (nSPS) is 10.0. The molecule has 0 unspecified atom stereocenters. The number of aryl methyl sites for hydroxylation is 1. The molecule has 0 N–H and O–H groups in total. The lowest BCUT2D eigenvalue weighted by Gasteiger charge is -1.95. The Morgan fingerprint density at radius 1 is 1.28 bits per heavy atom. The number of nitrogens with zero attached hydrogens (tertiary/aromatic N) is 4. The highest BCUT2D eigenvalue weighted by Crippen LogP contribution is 2.21. The maximum Gasteiger partial charge on any atom is 0.314 e. The molecule has 0 spiro atoms. The molecule has 0 aliphatic rings. The van der Waals surface area contributed by atoms with Crippen LogP contribution in [-0.2, 0) is 11.2 Å². The van der Waals surface area contributed by atoms with Crippen LogP contribution in [0.1, 0.15) is 25.1 Å². The molecule has 0 bridgehead atoms. The molecule has 2 heterocycles. The fourth-order valence-electron chi connectivity index (χ4n) is 1.09. The molecule has 8 heteroatoms. The Labute approximate surface area is 101 Å². The predicted octanol–water partition coefficient (Wildman–Crippen LogP) is 1.84. The van der Waals surface area contributed by atoms with Gasteiger partial charge in [-0.2, -0.15) is 8.78 Å². The van der Waals surface area contributed by atoms with Crippen molar-refractivity contribution in [2.75, 3.05) is 0 Å². The van der Waals surface area contributed by atoms with Gasteiger partial charge in [-0.1, -0.05) is 6.92 Å². The van der Waals surface area contributed by atoms with Crippen LogP contribution in [0.3, 0.4) is 0 Å². The lowest BCUT2D eigenvalue weighted by Crippen LogP contribution is -1.92. The Bertz CT molecular complexity index is 487. The number of alkyl halides is 2. The molecule has 18 heavy (non-hydrogen) atoms. The maximum absolute atomic E-state index is 12.2. The van der Waals surface area contributed by atoms with Crippen molar-refractivity contribution in [1.29, 1.82) is 0 Å². The fourth-order valence-corrected chi connectivity index (χ4v) is 1.09. The number of hydrogen-bond donors (Lipinski definition) is 0. The Hall–Kier alpha value is -2.25. The van der Waals surface area contributed by atoms with E-state index in [0.29, 0.717) is 17.8 Å². The van der Waals surface area contributed by atoms with Crippen LogP contribution in [0.2, 0.25) is 0 Å². The summed E-state index contributed by atoms with van der Waals surface area (Å²) in [5.74, 6) is -0.0372. The minimum Gasteiger partial charge on any atom is -0.415 e. The molecule has 6 nitrogen and oxygen atoms in total. The van der Waals surface area contributed by atoms with Crippen molar-refractivity contribution in [2.24, 2.45) is 0 Å². The van der Waals surface area contributed by atoms with Crippen molar-refractivity contribution in [2.45, 2.75) is 19.8 Å². The van der Waals surface area contributed by atoms with E-state index < -0.39 is 12.3 Å². The topological polar surface area (TPSA) is 81.8 Å². The van der Waals surface area contributed by atoms with E-state index in [2.05, 4.69) is 20.2 Å². The number of carbonyl (C=O) groups excluding carboxylic acids is 1. The summed E-state index contributed by atoms with van der Waals surface area (Å²) in [6, 6.07) is 0. The molecular weight excluding hydrogens is 246 g/mol. The summed E-state index contributed by atoms with van der Waals surface area (Å²) in [5.41, 5.74) is 0.427. The second-order valence-electron chi connectivity index (χ2n) is 2.99. The van der Waals surface area contributed by atoms with E-state index in [1.165, 1.54) is 12.4 Å². The van der Waals surface area contributed by atoms with Gasteiger partial charge in [0.1, 0.15) is 12.6 Å². The Morgan fingerprint density at radius 2 is 1.89 bits per heavy atom. The molecule has 0 saturated carbocycles. The Kier molecular flexibility index (Phi) is 4.97. The van der Waals surface area contributed by atoms with Crippen LogP contribution in [0.25, 0.3) is 11.5 Å². The molecule has 96 valence electrons. The SMILES string of the molecule is C=O.CCc1ncc(-c2nnc(C(F)F)o2)cn1. The van der Waals surface area contributed by atoms with Crippen molar-refractivity contribution >= 4 is 6.79 Å². The average Bonchev–Trinajstić information content (AvgIpc) is 2.91. The van der Waals surface area contributed by atoms with E-state index in [1.807, 2.05) is 13.7 Å². The maximum atomic E-state index is 12.2. The molecule has 0 amide bonds. The predicted molar refractivity (Wildman–Crippen MR) is 56.8 cm³/mol. The third-order valence-electron chi connectivity index (χ3n) is 1.90. The highest BCUT2D eigenvalue weighted by atomic mass is 19.3. The van der Waals surface area contributed by atoms with Crippen LogP contribution in [0.15, 0.2) is 16.8 Å². The third-order valence-corrected chi connectivity index (χ3v) is 1.90. The number of halogens is 2. The molecule has 0 aromatic carbocycles. The van der Waals surface area contributed by atoms with Crippen LogP contribution < -0.4 is 0 Å². The molecular formula is C10H10F2N4O2. The van der Waals surface area contributed by atoms with Gasteiger partial charge in [-0.05, 0) is 0 Å². The Balaban J connectivity index is 0.000000771. The first-order valence-corrected chi connectivity index (χ1v) is 4.92. The second kappa shape index (κ2) is 6.48. The van der Waals surface area contributed by atoms with E-state index in [9.17, 15) is 8.78 Å². The average molecular weight is 256 g/mol. The summed E-state index contributed by atoms with van der Waals surface area (Å²) in [4.78, 5) is 16.0. The van der Waals surface area contributed by atoms with Gasteiger partial charge < -0.3 is 9.21 Å². The monoisotopic (exact) mass is 256 g/mol. The van der Waals surface area contributed by atoms with Crippen molar-refractivity contribution < 1.29 is 18.0 Å². The van der Waals surface area contributed by atoms with E-state index >= 15 is 0 Å². The van der Waals surface area contributed by atoms with Gasteiger partial charge in [-0.25, -0.2) is 9.97 Å². The lowest BCUT2D eigenvalue weighted by molar-refractivity contribution is -0.0979. The van der Waals surface area contributed by atoms with Gasteiger partial charge in [0, 0.05) is 18.8 Å². The number of hydrogen-bond acceptors (Lipinski definition) is 6. The molecule has 0 atom stereocenters. The lowest BCUT2D eigenvalue weighted by atomic mass is 10.3. The first-order valence-electron chi connectivity index (χ1n) is 4.92. The zero-order valence-corrected chi connectivity index (χ0v) is 9.51. The van der Waals surface area contributed by atoms with Crippen LogP contribution >= 0.6 is 0 Å². The van der Waals surface area contributed by atoms with Crippen molar-refractivity contribution in [3.63, 3.8) is 0 Å². The summed E-state index contributed by atoms with van der Waals surface area (Å²) in [6.07, 6.45) is 0.868. The first kappa shape index (κ1) is 13.8. The highest BCUT2D eigenvalue weighted by molar-refractivity contribution is 5.48. The van der Waals surface area contributed by atoms with Gasteiger partial charge in [0.15, 0.2) is 0 Å². The molecule has 0 aliphatic heterocycles. The molecule has 0 saturated heterocycles. The van der Waals surface area contributed by atoms with Crippen molar-refractivity contribution in [3.05, 3.63) is 24.1 Å². The zero-order chi connectivity index (χ0) is 13.5. The number of aromatic nitrogens is 4. The second-order valence-corrected chi connectivity index (χ2v) is 2.99.